The second-order valence-electron chi connectivity index (χ2n) is 6.11. The van der Waals surface area contributed by atoms with Crippen molar-refractivity contribution in [3.63, 3.8) is 0 Å². The van der Waals surface area contributed by atoms with E-state index >= 15 is 0 Å². The Bertz CT molecular complexity index is 1090. The second kappa shape index (κ2) is 9.32. The van der Waals surface area contributed by atoms with Gasteiger partial charge in [-0.15, -0.1) is 11.3 Å². The number of halogens is 1. The highest BCUT2D eigenvalue weighted by molar-refractivity contribution is 7.13. The number of nitrogens with one attached hydrogen (secondary N) is 1. The van der Waals surface area contributed by atoms with E-state index in [0.29, 0.717) is 22.0 Å². The van der Waals surface area contributed by atoms with Crippen molar-refractivity contribution in [2.75, 3.05) is 5.32 Å². The standard InChI is InChI=1S/C21H16ClN3O3S/c1-13(20(27)25-18-8-3-2-5-15(18)11-23)28-19(26)10-17-12-29-21(24-17)14-6-4-7-16(22)9-14/h2-9,12-13H,10H2,1H3,(H,25,27). The van der Waals surface area contributed by atoms with Crippen molar-refractivity contribution >= 4 is 40.5 Å². The third-order valence-electron chi connectivity index (χ3n) is 3.93. The maximum atomic E-state index is 12.3. The van der Waals surface area contributed by atoms with Crippen LogP contribution in [-0.2, 0) is 20.7 Å². The smallest absolute Gasteiger partial charge is 0.312 e. The number of esters is 1. The largest absolute Gasteiger partial charge is 0.452 e. The third kappa shape index (κ3) is 5.41. The van der Waals surface area contributed by atoms with Gasteiger partial charge < -0.3 is 10.1 Å². The highest BCUT2D eigenvalue weighted by Crippen LogP contribution is 2.26. The summed E-state index contributed by atoms with van der Waals surface area (Å²) in [7, 11) is 0. The van der Waals surface area contributed by atoms with Crippen LogP contribution in [0.4, 0.5) is 5.69 Å². The lowest BCUT2D eigenvalue weighted by atomic mass is 10.2. The molecule has 3 rings (SSSR count). The molecule has 0 aliphatic rings. The second-order valence-corrected chi connectivity index (χ2v) is 7.40. The summed E-state index contributed by atoms with van der Waals surface area (Å²) in [5.41, 5.74) is 2.12. The Labute approximate surface area is 176 Å². The molecule has 146 valence electrons. The summed E-state index contributed by atoms with van der Waals surface area (Å²) in [6, 6.07) is 15.9. The molecule has 1 unspecified atom stereocenters. The number of nitriles is 1. The number of hydrogen-bond acceptors (Lipinski definition) is 6. The SMILES string of the molecule is CC(OC(=O)Cc1csc(-c2cccc(Cl)c2)n1)C(=O)Nc1ccccc1C#N. The van der Waals surface area contributed by atoms with Gasteiger partial charge in [0.05, 0.1) is 23.4 Å². The van der Waals surface area contributed by atoms with E-state index < -0.39 is 18.0 Å². The van der Waals surface area contributed by atoms with Gasteiger partial charge in [-0.2, -0.15) is 5.26 Å². The molecule has 0 saturated heterocycles. The van der Waals surface area contributed by atoms with E-state index in [-0.39, 0.29) is 6.42 Å². The number of para-hydroxylation sites is 1. The Morgan fingerprint density at radius 3 is 2.83 bits per heavy atom. The van der Waals surface area contributed by atoms with Crippen molar-refractivity contribution in [2.24, 2.45) is 0 Å². The van der Waals surface area contributed by atoms with E-state index in [0.717, 1.165) is 10.6 Å². The number of amides is 1. The summed E-state index contributed by atoms with van der Waals surface area (Å²) in [4.78, 5) is 28.9. The number of carbonyl (C=O) groups is 2. The topological polar surface area (TPSA) is 92.1 Å². The van der Waals surface area contributed by atoms with Crippen LogP contribution in [0, 0.1) is 11.3 Å². The molecule has 2 aromatic carbocycles. The van der Waals surface area contributed by atoms with Crippen LogP contribution in [0.5, 0.6) is 0 Å². The van der Waals surface area contributed by atoms with Crippen LogP contribution < -0.4 is 5.32 Å². The summed E-state index contributed by atoms with van der Waals surface area (Å²) >= 11 is 7.39. The molecule has 1 heterocycles. The molecule has 3 aromatic rings. The number of nitrogens with zero attached hydrogens (tertiary/aromatic N) is 2. The lowest BCUT2D eigenvalue weighted by Gasteiger charge is -2.13. The van der Waals surface area contributed by atoms with Crippen LogP contribution in [-0.4, -0.2) is 23.0 Å². The Morgan fingerprint density at radius 2 is 2.07 bits per heavy atom. The minimum Gasteiger partial charge on any atom is -0.452 e. The van der Waals surface area contributed by atoms with E-state index in [4.69, 9.17) is 21.6 Å². The highest BCUT2D eigenvalue weighted by atomic mass is 35.5. The molecule has 8 heteroatoms. The first kappa shape index (κ1) is 20.5. The molecular weight excluding hydrogens is 410 g/mol. The number of rotatable bonds is 6. The number of thiazole rings is 1. The van der Waals surface area contributed by atoms with Gasteiger partial charge in [-0.3, -0.25) is 9.59 Å². The predicted octanol–water partition coefficient (Wildman–Crippen LogP) is 4.45. The van der Waals surface area contributed by atoms with Gasteiger partial charge in [-0.25, -0.2) is 4.98 Å². The molecule has 1 amide bonds. The van der Waals surface area contributed by atoms with Crippen LogP contribution in [0.2, 0.25) is 5.02 Å². The van der Waals surface area contributed by atoms with E-state index in [1.807, 2.05) is 18.2 Å². The normalized spacial score (nSPS) is 11.3. The Balaban J connectivity index is 1.58. The van der Waals surface area contributed by atoms with Crippen molar-refractivity contribution in [1.82, 2.24) is 4.98 Å². The first-order valence-corrected chi connectivity index (χ1v) is 9.92. The van der Waals surface area contributed by atoms with Gasteiger partial charge in [0.2, 0.25) is 0 Å². The van der Waals surface area contributed by atoms with E-state index in [1.54, 1.807) is 41.8 Å². The average molecular weight is 426 g/mol. The van der Waals surface area contributed by atoms with Gasteiger partial charge >= 0.3 is 5.97 Å². The Hall–Kier alpha value is -3.21. The van der Waals surface area contributed by atoms with Crippen LogP contribution in [0.3, 0.4) is 0 Å². The minimum absolute atomic E-state index is 0.0521. The molecule has 0 radical (unpaired) electrons. The van der Waals surface area contributed by atoms with Crippen molar-refractivity contribution in [3.8, 4) is 16.6 Å². The Kier molecular flexibility index (Phi) is 6.60. The maximum Gasteiger partial charge on any atom is 0.312 e. The van der Waals surface area contributed by atoms with E-state index in [1.165, 1.54) is 18.3 Å². The van der Waals surface area contributed by atoms with Gasteiger partial charge in [0.25, 0.3) is 5.91 Å². The van der Waals surface area contributed by atoms with Crippen molar-refractivity contribution < 1.29 is 14.3 Å². The zero-order chi connectivity index (χ0) is 20.8. The molecule has 0 bridgehead atoms. The van der Waals surface area contributed by atoms with Crippen LogP contribution in [0.15, 0.2) is 53.9 Å². The number of ether oxygens (including phenoxy) is 1. The lowest BCUT2D eigenvalue weighted by Crippen LogP contribution is -2.30. The highest BCUT2D eigenvalue weighted by Gasteiger charge is 2.20. The summed E-state index contributed by atoms with van der Waals surface area (Å²) in [5, 5.41) is 14.8. The van der Waals surface area contributed by atoms with Crippen LogP contribution in [0.1, 0.15) is 18.2 Å². The van der Waals surface area contributed by atoms with Gasteiger partial charge in [-0.05, 0) is 31.2 Å². The van der Waals surface area contributed by atoms with E-state index in [9.17, 15) is 9.59 Å². The molecule has 1 N–H and O–H groups in total. The first-order valence-electron chi connectivity index (χ1n) is 8.66. The van der Waals surface area contributed by atoms with Crippen LogP contribution in [0.25, 0.3) is 10.6 Å². The number of carbonyl (C=O) groups excluding carboxylic acids is 2. The van der Waals surface area contributed by atoms with Crippen molar-refractivity contribution in [1.29, 1.82) is 5.26 Å². The van der Waals surface area contributed by atoms with Gasteiger partial charge in [0.15, 0.2) is 6.10 Å². The molecule has 0 aliphatic carbocycles. The van der Waals surface area contributed by atoms with Crippen molar-refractivity contribution in [3.05, 3.63) is 70.2 Å². The Morgan fingerprint density at radius 1 is 1.28 bits per heavy atom. The first-order chi connectivity index (χ1) is 14.0. The summed E-state index contributed by atoms with van der Waals surface area (Å²) in [6.45, 7) is 1.47. The van der Waals surface area contributed by atoms with Crippen LogP contribution >= 0.6 is 22.9 Å². The van der Waals surface area contributed by atoms with E-state index in [2.05, 4.69) is 10.3 Å². The molecule has 0 aliphatic heterocycles. The summed E-state index contributed by atoms with van der Waals surface area (Å²) in [6.07, 6.45) is -1.07. The molecule has 29 heavy (non-hydrogen) atoms. The molecule has 0 saturated carbocycles. The number of hydrogen-bond donors (Lipinski definition) is 1. The minimum atomic E-state index is -1.01. The molecule has 0 spiro atoms. The summed E-state index contributed by atoms with van der Waals surface area (Å²) < 4.78 is 5.21. The number of benzene rings is 2. The number of aromatic nitrogens is 1. The third-order valence-corrected chi connectivity index (χ3v) is 5.11. The fraction of sp³-hybridized carbons (Fsp3) is 0.143. The maximum absolute atomic E-state index is 12.3. The fourth-order valence-electron chi connectivity index (χ4n) is 2.51. The quantitative estimate of drug-likeness (QED) is 0.589. The average Bonchev–Trinajstić information content (AvgIpc) is 3.16. The number of anilines is 1. The molecule has 1 atom stereocenters. The zero-order valence-electron chi connectivity index (χ0n) is 15.4. The molecular formula is C21H16ClN3O3S. The monoisotopic (exact) mass is 425 g/mol. The van der Waals surface area contributed by atoms with Gasteiger partial charge in [-0.1, -0.05) is 35.9 Å². The summed E-state index contributed by atoms with van der Waals surface area (Å²) in [5.74, 6) is -1.08. The molecule has 0 fully saturated rings. The fourth-order valence-corrected chi connectivity index (χ4v) is 3.51. The zero-order valence-corrected chi connectivity index (χ0v) is 17.0. The van der Waals surface area contributed by atoms with Gasteiger partial charge in [0, 0.05) is 16.0 Å². The lowest BCUT2D eigenvalue weighted by molar-refractivity contribution is -0.152. The predicted molar refractivity (Wildman–Crippen MR) is 112 cm³/mol. The molecule has 6 nitrogen and oxygen atoms in total. The van der Waals surface area contributed by atoms with Gasteiger partial charge in [0.1, 0.15) is 11.1 Å². The van der Waals surface area contributed by atoms with Crippen molar-refractivity contribution in [2.45, 2.75) is 19.4 Å². The molecule has 1 aromatic heterocycles.